The second-order valence-corrected chi connectivity index (χ2v) is 5.42. The molecule has 1 aliphatic rings. The van der Waals surface area contributed by atoms with E-state index in [1.54, 1.807) is 7.11 Å². The van der Waals surface area contributed by atoms with E-state index in [1.807, 2.05) is 38.1 Å². The highest BCUT2D eigenvalue weighted by atomic mass is 16.5. The van der Waals surface area contributed by atoms with Gasteiger partial charge in [0.05, 0.1) is 38.3 Å². The molecule has 2 rings (SSSR count). The summed E-state index contributed by atoms with van der Waals surface area (Å²) in [4.78, 5) is 12.1. The van der Waals surface area contributed by atoms with Gasteiger partial charge in [-0.1, -0.05) is 12.1 Å². The van der Waals surface area contributed by atoms with Crippen molar-refractivity contribution in [2.45, 2.75) is 19.3 Å². The number of carbonyl (C=O) groups excluding carboxylic acids is 1. The van der Waals surface area contributed by atoms with Crippen LogP contribution < -0.4 is 4.74 Å². The lowest BCUT2D eigenvalue weighted by Crippen LogP contribution is -2.60. The molecule has 0 spiro atoms. The molecule has 0 N–H and O–H groups in total. The van der Waals surface area contributed by atoms with Crippen molar-refractivity contribution in [2.24, 2.45) is 5.41 Å². The van der Waals surface area contributed by atoms with Crippen LogP contribution in [0, 0.1) is 5.41 Å². The summed E-state index contributed by atoms with van der Waals surface area (Å²) in [5.41, 5.74) is 0.121. The molecule has 0 unspecified atom stereocenters. The van der Waals surface area contributed by atoms with Crippen molar-refractivity contribution in [1.82, 2.24) is 0 Å². The first kappa shape index (κ1) is 13.9. The highest BCUT2D eigenvalue weighted by Crippen LogP contribution is 2.48. The topological polar surface area (TPSA) is 44.8 Å². The van der Waals surface area contributed by atoms with E-state index in [-0.39, 0.29) is 11.4 Å². The lowest BCUT2D eigenvalue weighted by atomic mass is 9.60. The van der Waals surface area contributed by atoms with Gasteiger partial charge in [0.1, 0.15) is 5.75 Å². The van der Waals surface area contributed by atoms with Crippen molar-refractivity contribution in [1.29, 1.82) is 0 Å². The predicted molar refractivity (Wildman–Crippen MR) is 71.3 cm³/mol. The van der Waals surface area contributed by atoms with Gasteiger partial charge in [-0.3, -0.25) is 4.79 Å². The molecule has 0 aromatic heterocycles. The summed E-state index contributed by atoms with van der Waals surface area (Å²) < 4.78 is 15.5. The Balaban J connectivity index is 2.39. The Bertz CT molecular complexity index is 458. The second-order valence-electron chi connectivity index (χ2n) is 5.42. The summed E-state index contributed by atoms with van der Waals surface area (Å²) in [5.74, 6) is 0.585. The van der Waals surface area contributed by atoms with E-state index < -0.39 is 5.41 Å². The highest BCUT2D eigenvalue weighted by Gasteiger charge is 2.56. The van der Waals surface area contributed by atoms with Crippen LogP contribution in [0.15, 0.2) is 24.3 Å². The normalized spacial score (nSPS) is 17.5. The highest BCUT2D eigenvalue weighted by molar-refractivity contribution is 5.78. The Morgan fingerprint density at radius 3 is 2.16 bits per heavy atom. The lowest BCUT2D eigenvalue weighted by molar-refractivity contribution is -0.174. The maximum absolute atomic E-state index is 12.1. The minimum atomic E-state index is -0.630. The number of ether oxygens (including phenoxy) is 3. The summed E-state index contributed by atoms with van der Waals surface area (Å²) in [6, 6.07) is 7.80. The van der Waals surface area contributed by atoms with E-state index in [4.69, 9.17) is 14.2 Å². The van der Waals surface area contributed by atoms with Gasteiger partial charge in [0.25, 0.3) is 0 Å². The Morgan fingerprint density at radius 2 is 1.79 bits per heavy atom. The van der Waals surface area contributed by atoms with E-state index in [0.717, 1.165) is 11.3 Å². The van der Waals surface area contributed by atoms with Gasteiger partial charge in [-0.05, 0) is 31.5 Å². The molecule has 0 saturated carbocycles. The van der Waals surface area contributed by atoms with Gasteiger partial charge in [0, 0.05) is 0 Å². The summed E-state index contributed by atoms with van der Waals surface area (Å²) >= 11 is 0. The SMILES string of the molecule is COC(=O)C(C)(C)C1(c2ccc(OC)cc2)COC1. The third-order valence-electron chi connectivity index (χ3n) is 4.23. The van der Waals surface area contributed by atoms with Gasteiger partial charge in [-0.2, -0.15) is 0 Å². The average molecular weight is 264 g/mol. The molecule has 0 bridgehead atoms. The first-order valence-electron chi connectivity index (χ1n) is 6.28. The minimum absolute atomic E-state index is 0.216. The third kappa shape index (κ3) is 2.00. The molecule has 1 aromatic carbocycles. The van der Waals surface area contributed by atoms with Crippen LogP contribution in [0.1, 0.15) is 19.4 Å². The number of hydrogen-bond acceptors (Lipinski definition) is 4. The molecule has 1 aromatic rings. The first-order valence-corrected chi connectivity index (χ1v) is 6.28. The first-order chi connectivity index (χ1) is 8.98. The van der Waals surface area contributed by atoms with Crippen LogP contribution in [0.3, 0.4) is 0 Å². The standard InChI is InChI=1S/C15H20O4/c1-14(2,13(16)18-4)15(9-19-10-15)11-5-7-12(17-3)8-6-11/h5-8H,9-10H2,1-4H3. The number of carbonyl (C=O) groups is 1. The van der Waals surface area contributed by atoms with Gasteiger partial charge in [0.15, 0.2) is 0 Å². The summed E-state index contributed by atoms with van der Waals surface area (Å²) in [7, 11) is 3.06. The fourth-order valence-electron chi connectivity index (χ4n) is 2.56. The van der Waals surface area contributed by atoms with E-state index in [2.05, 4.69) is 0 Å². The van der Waals surface area contributed by atoms with Crippen LogP contribution in [-0.4, -0.2) is 33.4 Å². The molecule has 1 saturated heterocycles. The quantitative estimate of drug-likeness (QED) is 0.782. The van der Waals surface area contributed by atoms with Crippen LogP contribution in [0.5, 0.6) is 5.75 Å². The zero-order valence-electron chi connectivity index (χ0n) is 11.9. The number of hydrogen-bond donors (Lipinski definition) is 0. The van der Waals surface area contributed by atoms with Gasteiger partial charge in [0.2, 0.25) is 0 Å². The van der Waals surface area contributed by atoms with Crippen LogP contribution >= 0.6 is 0 Å². The number of esters is 1. The van der Waals surface area contributed by atoms with Crippen LogP contribution in [0.2, 0.25) is 0 Å². The van der Waals surface area contributed by atoms with E-state index in [9.17, 15) is 4.79 Å². The zero-order valence-corrected chi connectivity index (χ0v) is 11.9. The molecule has 4 heteroatoms. The van der Waals surface area contributed by atoms with Crippen LogP contribution in [0.4, 0.5) is 0 Å². The zero-order chi connectivity index (χ0) is 14.1. The van der Waals surface area contributed by atoms with Crippen molar-refractivity contribution in [3.63, 3.8) is 0 Å². The van der Waals surface area contributed by atoms with Crippen molar-refractivity contribution in [3.05, 3.63) is 29.8 Å². The average Bonchev–Trinajstić information content (AvgIpc) is 2.36. The van der Waals surface area contributed by atoms with Crippen molar-refractivity contribution < 1.29 is 19.0 Å². The van der Waals surface area contributed by atoms with E-state index in [0.29, 0.717) is 13.2 Å². The van der Waals surface area contributed by atoms with Crippen molar-refractivity contribution in [3.8, 4) is 5.75 Å². The molecule has 19 heavy (non-hydrogen) atoms. The summed E-state index contributed by atoms with van der Waals surface area (Å²) in [6.07, 6.45) is 0. The Kier molecular flexibility index (Phi) is 3.54. The maximum atomic E-state index is 12.1. The Morgan fingerprint density at radius 1 is 1.21 bits per heavy atom. The number of methoxy groups -OCH3 is 2. The molecule has 0 amide bonds. The van der Waals surface area contributed by atoms with Gasteiger partial charge in [-0.25, -0.2) is 0 Å². The molecule has 1 heterocycles. The van der Waals surface area contributed by atoms with Crippen LogP contribution in [-0.2, 0) is 19.7 Å². The molecule has 1 aliphatic heterocycles. The molecule has 104 valence electrons. The fourth-order valence-corrected chi connectivity index (χ4v) is 2.56. The molecule has 0 aliphatic carbocycles. The third-order valence-corrected chi connectivity index (χ3v) is 4.23. The molecule has 0 atom stereocenters. The van der Waals surface area contributed by atoms with Gasteiger partial charge >= 0.3 is 5.97 Å². The summed E-state index contributed by atoms with van der Waals surface area (Å²) in [6.45, 7) is 4.88. The molecule has 1 fully saturated rings. The fraction of sp³-hybridized carbons (Fsp3) is 0.533. The Labute approximate surface area is 113 Å². The smallest absolute Gasteiger partial charge is 0.312 e. The van der Waals surface area contributed by atoms with Crippen molar-refractivity contribution in [2.75, 3.05) is 27.4 Å². The van der Waals surface area contributed by atoms with Crippen LogP contribution in [0.25, 0.3) is 0 Å². The van der Waals surface area contributed by atoms with Gasteiger partial charge in [-0.15, -0.1) is 0 Å². The predicted octanol–water partition coefficient (Wildman–Crippen LogP) is 2.16. The molecular formula is C15H20O4. The maximum Gasteiger partial charge on any atom is 0.312 e. The lowest BCUT2D eigenvalue weighted by Gasteiger charge is -2.51. The monoisotopic (exact) mass is 264 g/mol. The molecule has 4 nitrogen and oxygen atoms in total. The molecular weight excluding hydrogens is 244 g/mol. The van der Waals surface area contributed by atoms with Gasteiger partial charge < -0.3 is 14.2 Å². The van der Waals surface area contributed by atoms with E-state index in [1.165, 1.54) is 7.11 Å². The summed E-state index contributed by atoms with van der Waals surface area (Å²) in [5, 5.41) is 0. The second kappa shape index (κ2) is 4.85. The Hall–Kier alpha value is -1.55. The number of benzene rings is 1. The number of rotatable bonds is 4. The minimum Gasteiger partial charge on any atom is -0.497 e. The van der Waals surface area contributed by atoms with Crippen molar-refractivity contribution >= 4 is 5.97 Å². The largest absolute Gasteiger partial charge is 0.497 e. The van der Waals surface area contributed by atoms with E-state index >= 15 is 0 Å². The molecule has 0 radical (unpaired) electrons.